The van der Waals surface area contributed by atoms with E-state index in [9.17, 15) is 14.3 Å². The molecule has 3 aromatic rings. The van der Waals surface area contributed by atoms with Gasteiger partial charge >= 0.3 is 0 Å². The molecule has 0 bridgehead atoms. The quantitative estimate of drug-likeness (QED) is 0.706. The number of hydrogen-bond donors (Lipinski definition) is 1. The van der Waals surface area contributed by atoms with E-state index in [0.29, 0.717) is 16.1 Å². The maximum absolute atomic E-state index is 13.1. The number of carbonyl (C=O) groups is 1. The van der Waals surface area contributed by atoms with Gasteiger partial charge in [0.2, 0.25) is 0 Å². The van der Waals surface area contributed by atoms with E-state index < -0.39 is 0 Å². The highest BCUT2D eigenvalue weighted by Gasteiger charge is 2.23. The summed E-state index contributed by atoms with van der Waals surface area (Å²) in [6, 6.07) is 10.7. The third-order valence-electron chi connectivity index (χ3n) is 4.25. The lowest BCUT2D eigenvalue weighted by Gasteiger charge is -2.15. The fraction of sp³-hybridized carbons (Fsp3) is 0.211. The number of benzene rings is 2. The second-order valence-corrected chi connectivity index (χ2v) is 6.30. The van der Waals surface area contributed by atoms with E-state index in [1.165, 1.54) is 24.3 Å². The van der Waals surface area contributed by atoms with Crippen molar-refractivity contribution in [1.29, 1.82) is 0 Å². The fourth-order valence-corrected chi connectivity index (χ4v) is 3.27. The SMILES string of the molecule is Cc1c(C(=O)c2ccc(F)cc2)c2cc(Cl)ccc2n1C(C)CO. The van der Waals surface area contributed by atoms with Crippen LogP contribution in [0.1, 0.15) is 34.6 Å². The van der Waals surface area contributed by atoms with Crippen molar-refractivity contribution in [1.82, 2.24) is 4.57 Å². The summed E-state index contributed by atoms with van der Waals surface area (Å²) >= 11 is 6.12. The first kappa shape index (κ1) is 16.7. The van der Waals surface area contributed by atoms with Gasteiger partial charge < -0.3 is 9.67 Å². The molecule has 2 aromatic carbocycles. The Hall–Kier alpha value is -2.17. The smallest absolute Gasteiger partial charge is 0.195 e. The first-order valence-corrected chi connectivity index (χ1v) is 8.03. The van der Waals surface area contributed by atoms with Gasteiger partial charge in [-0.1, -0.05) is 11.6 Å². The van der Waals surface area contributed by atoms with Crippen molar-refractivity contribution in [2.75, 3.05) is 6.61 Å². The molecule has 0 aliphatic carbocycles. The molecule has 124 valence electrons. The molecule has 0 aliphatic heterocycles. The number of hydrogen-bond acceptors (Lipinski definition) is 2. The minimum absolute atomic E-state index is 0.0442. The monoisotopic (exact) mass is 345 g/mol. The van der Waals surface area contributed by atoms with Gasteiger partial charge in [-0.3, -0.25) is 4.79 Å². The summed E-state index contributed by atoms with van der Waals surface area (Å²) in [7, 11) is 0. The number of fused-ring (bicyclic) bond motifs is 1. The standard InChI is InChI=1S/C19H17ClFNO2/c1-11(10-23)22-12(2)18(16-9-14(20)5-8-17(16)22)19(24)13-3-6-15(21)7-4-13/h3-9,11,23H,10H2,1-2H3. The van der Waals surface area contributed by atoms with Crippen LogP contribution >= 0.6 is 11.6 Å². The third-order valence-corrected chi connectivity index (χ3v) is 4.48. The van der Waals surface area contributed by atoms with E-state index >= 15 is 0 Å². The van der Waals surface area contributed by atoms with Crippen LogP contribution in [0.15, 0.2) is 42.5 Å². The highest BCUT2D eigenvalue weighted by atomic mass is 35.5. The highest BCUT2D eigenvalue weighted by molar-refractivity contribution is 6.31. The first-order valence-electron chi connectivity index (χ1n) is 7.65. The largest absolute Gasteiger partial charge is 0.394 e. The van der Waals surface area contributed by atoms with Crippen molar-refractivity contribution in [3.8, 4) is 0 Å². The van der Waals surface area contributed by atoms with Crippen molar-refractivity contribution >= 4 is 28.3 Å². The summed E-state index contributed by atoms with van der Waals surface area (Å²) in [5.74, 6) is -0.577. The van der Waals surface area contributed by atoms with Crippen LogP contribution in [0.3, 0.4) is 0 Å². The normalized spacial score (nSPS) is 12.5. The number of nitrogens with zero attached hydrogens (tertiary/aromatic N) is 1. The van der Waals surface area contributed by atoms with Crippen molar-refractivity contribution in [2.45, 2.75) is 19.9 Å². The average Bonchev–Trinajstić information content (AvgIpc) is 2.85. The summed E-state index contributed by atoms with van der Waals surface area (Å²) in [6.45, 7) is 3.68. The molecular weight excluding hydrogens is 329 g/mol. The van der Waals surface area contributed by atoms with Gasteiger partial charge in [-0.15, -0.1) is 0 Å². The van der Waals surface area contributed by atoms with E-state index in [1.54, 1.807) is 12.1 Å². The Kier molecular flexibility index (Phi) is 4.43. The van der Waals surface area contributed by atoms with Crippen molar-refractivity contribution in [3.05, 3.63) is 70.1 Å². The second-order valence-electron chi connectivity index (χ2n) is 5.86. The van der Waals surface area contributed by atoms with Crippen LogP contribution in [-0.2, 0) is 0 Å². The number of aliphatic hydroxyl groups excluding tert-OH is 1. The minimum Gasteiger partial charge on any atom is -0.394 e. The molecule has 0 saturated carbocycles. The van der Waals surface area contributed by atoms with Gasteiger partial charge in [0.1, 0.15) is 5.82 Å². The molecule has 1 atom stereocenters. The number of carbonyl (C=O) groups excluding carboxylic acids is 1. The summed E-state index contributed by atoms with van der Waals surface area (Å²) in [5, 5.41) is 10.8. The lowest BCUT2D eigenvalue weighted by atomic mass is 10.0. The molecule has 0 radical (unpaired) electrons. The van der Waals surface area contributed by atoms with Crippen LogP contribution in [0.25, 0.3) is 10.9 Å². The average molecular weight is 346 g/mol. The molecule has 3 nitrogen and oxygen atoms in total. The fourth-order valence-electron chi connectivity index (χ4n) is 3.10. The summed E-state index contributed by atoms with van der Waals surface area (Å²) < 4.78 is 15.1. The van der Waals surface area contributed by atoms with E-state index in [-0.39, 0.29) is 24.2 Å². The Bertz CT molecular complexity index is 915. The van der Waals surface area contributed by atoms with E-state index in [2.05, 4.69) is 0 Å². The zero-order chi connectivity index (χ0) is 17.4. The van der Waals surface area contributed by atoms with E-state index in [0.717, 1.165) is 16.6 Å². The lowest BCUT2D eigenvalue weighted by Crippen LogP contribution is -2.12. The van der Waals surface area contributed by atoms with Crippen molar-refractivity contribution < 1.29 is 14.3 Å². The molecule has 0 saturated heterocycles. The molecular formula is C19H17ClFNO2. The molecule has 0 aliphatic rings. The van der Waals surface area contributed by atoms with Gasteiger partial charge in [-0.2, -0.15) is 0 Å². The van der Waals surface area contributed by atoms with Gasteiger partial charge in [-0.25, -0.2) is 4.39 Å². The van der Waals surface area contributed by atoms with Gasteiger partial charge in [0.25, 0.3) is 0 Å². The number of ketones is 1. The Balaban J connectivity index is 2.27. The molecule has 1 N–H and O–H groups in total. The highest BCUT2D eigenvalue weighted by Crippen LogP contribution is 2.32. The topological polar surface area (TPSA) is 42.2 Å². The van der Waals surface area contributed by atoms with Gasteiger partial charge in [0.15, 0.2) is 5.78 Å². The Morgan fingerprint density at radius 3 is 2.54 bits per heavy atom. The van der Waals surface area contributed by atoms with Crippen LogP contribution in [0.5, 0.6) is 0 Å². The Morgan fingerprint density at radius 1 is 1.25 bits per heavy atom. The van der Waals surface area contributed by atoms with Crippen molar-refractivity contribution in [2.24, 2.45) is 0 Å². The number of aromatic nitrogens is 1. The third kappa shape index (κ3) is 2.72. The van der Waals surface area contributed by atoms with E-state index in [1.807, 2.05) is 24.5 Å². The Morgan fingerprint density at radius 2 is 1.92 bits per heavy atom. The molecule has 24 heavy (non-hydrogen) atoms. The summed E-state index contributed by atoms with van der Waals surface area (Å²) in [4.78, 5) is 13.0. The molecule has 0 amide bonds. The number of halogens is 2. The van der Waals surface area contributed by atoms with Crippen LogP contribution in [0.2, 0.25) is 5.02 Å². The summed E-state index contributed by atoms with van der Waals surface area (Å²) in [5.41, 5.74) is 2.53. The predicted molar refractivity (Wildman–Crippen MR) is 93.3 cm³/mol. The molecule has 0 fully saturated rings. The van der Waals surface area contributed by atoms with E-state index in [4.69, 9.17) is 11.6 Å². The summed E-state index contributed by atoms with van der Waals surface area (Å²) in [6.07, 6.45) is 0. The van der Waals surface area contributed by atoms with Crippen LogP contribution in [0, 0.1) is 12.7 Å². The van der Waals surface area contributed by atoms with Crippen molar-refractivity contribution in [3.63, 3.8) is 0 Å². The molecule has 1 aromatic heterocycles. The number of aliphatic hydroxyl groups is 1. The van der Waals surface area contributed by atoms with Crippen LogP contribution < -0.4 is 0 Å². The second kappa shape index (κ2) is 6.38. The zero-order valence-electron chi connectivity index (χ0n) is 13.4. The minimum atomic E-state index is -0.386. The molecule has 1 heterocycles. The lowest BCUT2D eigenvalue weighted by molar-refractivity contribution is 0.103. The van der Waals surface area contributed by atoms with Gasteiger partial charge in [0, 0.05) is 27.2 Å². The first-order chi connectivity index (χ1) is 11.4. The molecule has 1 unspecified atom stereocenters. The molecule has 5 heteroatoms. The predicted octanol–water partition coefficient (Wildman–Crippen LogP) is 4.53. The van der Waals surface area contributed by atoms with Crippen LogP contribution in [-0.4, -0.2) is 22.1 Å². The van der Waals surface area contributed by atoms with Gasteiger partial charge in [0.05, 0.1) is 18.2 Å². The molecule has 3 rings (SSSR count). The van der Waals surface area contributed by atoms with Gasteiger partial charge in [-0.05, 0) is 56.3 Å². The zero-order valence-corrected chi connectivity index (χ0v) is 14.1. The Labute approximate surface area is 144 Å². The van der Waals surface area contributed by atoms with Crippen LogP contribution in [0.4, 0.5) is 4.39 Å². The molecule has 0 spiro atoms. The maximum atomic E-state index is 13.1. The maximum Gasteiger partial charge on any atom is 0.195 e. The number of rotatable bonds is 4.